The minimum Gasteiger partial charge on any atom is -0.444 e. The SMILES string of the molecule is CC(C)(C)OC(=O)N[C@H](C(=O)Nc1ccc(C(=O)NO)cc1)c1ccccc1. The fourth-order valence-electron chi connectivity index (χ4n) is 2.36. The third-order valence-electron chi connectivity index (χ3n) is 3.57. The Morgan fingerprint density at radius 2 is 1.57 bits per heavy atom. The zero-order valence-electron chi connectivity index (χ0n) is 15.9. The Morgan fingerprint density at radius 1 is 0.964 bits per heavy atom. The summed E-state index contributed by atoms with van der Waals surface area (Å²) in [4.78, 5) is 36.3. The molecule has 148 valence electrons. The Hall–Kier alpha value is -3.39. The molecule has 4 N–H and O–H groups in total. The quantitative estimate of drug-likeness (QED) is 0.466. The average Bonchev–Trinajstić information content (AvgIpc) is 2.65. The van der Waals surface area contributed by atoms with Crippen molar-refractivity contribution >= 4 is 23.6 Å². The van der Waals surface area contributed by atoms with Crippen LogP contribution < -0.4 is 16.1 Å². The summed E-state index contributed by atoms with van der Waals surface area (Å²) in [6.07, 6.45) is -0.716. The summed E-state index contributed by atoms with van der Waals surface area (Å²) in [5.41, 5.74) is 2.07. The maximum absolute atomic E-state index is 12.8. The molecule has 0 radical (unpaired) electrons. The number of carbonyl (C=O) groups is 3. The minimum absolute atomic E-state index is 0.229. The summed E-state index contributed by atoms with van der Waals surface area (Å²) < 4.78 is 5.25. The second kappa shape index (κ2) is 9.01. The lowest BCUT2D eigenvalue weighted by Crippen LogP contribution is -2.40. The van der Waals surface area contributed by atoms with Gasteiger partial charge in [0.05, 0.1) is 0 Å². The van der Waals surface area contributed by atoms with Crippen LogP contribution in [0.1, 0.15) is 42.7 Å². The van der Waals surface area contributed by atoms with Gasteiger partial charge in [0.25, 0.3) is 11.8 Å². The number of hydroxylamine groups is 1. The lowest BCUT2D eigenvalue weighted by molar-refractivity contribution is -0.118. The average molecular weight is 385 g/mol. The van der Waals surface area contributed by atoms with Gasteiger partial charge in [0, 0.05) is 11.3 Å². The molecule has 2 rings (SSSR count). The Bertz CT molecular complexity index is 829. The highest BCUT2D eigenvalue weighted by Gasteiger charge is 2.26. The smallest absolute Gasteiger partial charge is 0.408 e. The normalized spacial score (nSPS) is 11.9. The number of alkyl carbamates (subject to hydrolysis) is 1. The number of nitrogens with one attached hydrogen (secondary N) is 3. The van der Waals surface area contributed by atoms with Gasteiger partial charge in [-0.3, -0.25) is 14.8 Å². The molecule has 3 amide bonds. The molecule has 1 atom stereocenters. The van der Waals surface area contributed by atoms with Gasteiger partial charge in [-0.1, -0.05) is 30.3 Å². The van der Waals surface area contributed by atoms with E-state index in [2.05, 4.69) is 10.6 Å². The number of benzene rings is 2. The number of anilines is 1. The first kappa shape index (κ1) is 20.9. The molecular formula is C20H23N3O5. The molecule has 28 heavy (non-hydrogen) atoms. The third-order valence-corrected chi connectivity index (χ3v) is 3.57. The van der Waals surface area contributed by atoms with Crippen LogP contribution in [0.2, 0.25) is 0 Å². The van der Waals surface area contributed by atoms with E-state index >= 15 is 0 Å². The van der Waals surface area contributed by atoms with Gasteiger partial charge in [-0.15, -0.1) is 0 Å². The van der Waals surface area contributed by atoms with Crippen LogP contribution in [0, 0.1) is 0 Å². The second-order valence-corrected chi connectivity index (χ2v) is 7.00. The van der Waals surface area contributed by atoms with Crippen LogP contribution in [0.3, 0.4) is 0 Å². The van der Waals surface area contributed by atoms with Crippen LogP contribution in [0.15, 0.2) is 54.6 Å². The molecule has 0 heterocycles. The van der Waals surface area contributed by atoms with Gasteiger partial charge in [-0.2, -0.15) is 0 Å². The van der Waals surface area contributed by atoms with Crippen molar-refractivity contribution in [3.63, 3.8) is 0 Å². The van der Waals surface area contributed by atoms with Crippen LogP contribution >= 0.6 is 0 Å². The molecule has 0 unspecified atom stereocenters. The molecule has 2 aromatic carbocycles. The van der Waals surface area contributed by atoms with E-state index in [1.54, 1.807) is 51.1 Å². The Kier molecular flexibility index (Phi) is 6.73. The summed E-state index contributed by atoms with van der Waals surface area (Å²) in [5, 5.41) is 13.9. The molecule has 0 bridgehead atoms. The largest absolute Gasteiger partial charge is 0.444 e. The van der Waals surface area contributed by atoms with Gasteiger partial charge in [-0.05, 0) is 50.6 Å². The Balaban J connectivity index is 2.17. The first-order valence-electron chi connectivity index (χ1n) is 8.59. The molecule has 0 aliphatic rings. The van der Waals surface area contributed by atoms with Crippen molar-refractivity contribution in [2.75, 3.05) is 5.32 Å². The molecule has 8 nitrogen and oxygen atoms in total. The maximum atomic E-state index is 12.8. The Morgan fingerprint density at radius 3 is 2.11 bits per heavy atom. The summed E-state index contributed by atoms with van der Waals surface area (Å²) in [7, 11) is 0. The van der Waals surface area contributed by atoms with Crippen molar-refractivity contribution < 1.29 is 24.3 Å². The van der Waals surface area contributed by atoms with E-state index in [4.69, 9.17) is 9.94 Å². The number of ether oxygens (including phenoxy) is 1. The van der Waals surface area contributed by atoms with Crippen LogP contribution in [-0.4, -0.2) is 28.7 Å². The molecule has 0 spiro atoms. The van der Waals surface area contributed by atoms with Crippen molar-refractivity contribution in [2.24, 2.45) is 0 Å². The highest BCUT2D eigenvalue weighted by atomic mass is 16.6. The monoisotopic (exact) mass is 385 g/mol. The second-order valence-electron chi connectivity index (χ2n) is 7.00. The predicted octanol–water partition coefficient (Wildman–Crippen LogP) is 3.01. The van der Waals surface area contributed by atoms with Crippen molar-refractivity contribution in [3.05, 3.63) is 65.7 Å². The van der Waals surface area contributed by atoms with Gasteiger partial charge in [-0.25, -0.2) is 10.3 Å². The van der Waals surface area contributed by atoms with Gasteiger partial charge in [0.15, 0.2) is 0 Å². The first-order chi connectivity index (χ1) is 13.2. The number of amides is 3. The Labute approximate surface area is 162 Å². The van der Waals surface area contributed by atoms with E-state index in [9.17, 15) is 14.4 Å². The van der Waals surface area contributed by atoms with Crippen molar-refractivity contribution in [3.8, 4) is 0 Å². The topological polar surface area (TPSA) is 117 Å². The standard InChI is InChI=1S/C20H23N3O5/c1-20(2,3)28-19(26)22-16(13-7-5-4-6-8-13)18(25)21-15-11-9-14(10-12-15)17(24)23-27/h4-12,16,27H,1-3H3,(H,21,25)(H,22,26)(H,23,24)/t16-/m0/s1. The number of hydrogen-bond donors (Lipinski definition) is 4. The van der Waals surface area contributed by atoms with Gasteiger partial charge >= 0.3 is 6.09 Å². The first-order valence-corrected chi connectivity index (χ1v) is 8.59. The maximum Gasteiger partial charge on any atom is 0.408 e. The molecular weight excluding hydrogens is 362 g/mol. The van der Waals surface area contributed by atoms with E-state index in [1.807, 2.05) is 0 Å². The van der Waals surface area contributed by atoms with Gasteiger partial charge < -0.3 is 15.4 Å². The number of rotatable bonds is 5. The zero-order valence-corrected chi connectivity index (χ0v) is 15.9. The minimum atomic E-state index is -0.975. The molecule has 2 aromatic rings. The lowest BCUT2D eigenvalue weighted by Gasteiger charge is -2.23. The van der Waals surface area contributed by atoms with E-state index < -0.39 is 29.6 Å². The molecule has 0 fully saturated rings. The zero-order chi connectivity index (χ0) is 20.7. The summed E-state index contributed by atoms with van der Waals surface area (Å²) in [5.74, 6) is -1.14. The number of hydrogen-bond acceptors (Lipinski definition) is 5. The highest BCUT2D eigenvalue weighted by Crippen LogP contribution is 2.18. The fourth-order valence-corrected chi connectivity index (χ4v) is 2.36. The van der Waals surface area contributed by atoms with Crippen LogP contribution in [0.5, 0.6) is 0 Å². The lowest BCUT2D eigenvalue weighted by atomic mass is 10.1. The number of carbonyl (C=O) groups excluding carboxylic acids is 3. The van der Waals surface area contributed by atoms with Crippen LogP contribution in [0.4, 0.5) is 10.5 Å². The fraction of sp³-hybridized carbons (Fsp3) is 0.250. The molecule has 0 aliphatic carbocycles. The molecule has 0 aromatic heterocycles. The van der Waals surface area contributed by atoms with E-state index in [0.29, 0.717) is 11.3 Å². The summed E-state index contributed by atoms with van der Waals surface area (Å²) in [6.45, 7) is 5.19. The van der Waals surface area contributed by atoms with Crippen LogP contribution in [-0.2, 0) is 9.53 Å². The summed E-state index contributed by atoms with van der Waals surface area (Å²) in [6, 6.07) is 13.7. The van der Waals surface area contributed by atoms with Crippen molar-refractivity contribution in [2.45, 2.75) is 32.4 Å². The van der Waals surface area contributed by atoms with Crippen LogP contribution in [0.25, 0.3) is 0 Å². The molecule has 0 saturated carbocycles. The molecule has 0 aliphatic heterocycles. The summed E-state index contributed by atoms with van der Waals surface area (Å²) >= 11 is 0. The highest BCUT2D eigenvalue weighted by molar-refractivity contribution is 5.98. The van der Waals surface area contributed by atoms with Gasteiger partial charge in [0.1, 0.15) is 11.6 Å². The van der Waals surface area contributed by atoms with E-state index in [0.717, 1.165) is 0 Å². The van der Waals surface area contributed by atoms with Gasteiger partial charge in [0.2, 0.25) is 0 Å². The van der Waals surface area contributed by atoms with Crippen molar-refractivity contribution in [1.82, 2.24) is 10.8 Å². The third kappa shape index (κ3) is 6.10. The van der Waals surface area contributed by atoms with E-state index in [-0.39, 0.29) is 5.56 Å². The molecule has 0 saturated heterocycles. The predicted molar refractivity (Wildman–Crippen MR) is 103 cm³/mol. The van der Waals surface area contributed by atoms with E-state index in [1.165, 1.54) is 29.7 Å². The molecule has 8 heteroatoms. The van der Waals surface area contributed by atoms with Crippen molar-refractivity contribution in [1.29, 1.82) is 0 Å².